The predicted molar refractivity (Wildman–Crippen MR) is 93.6 cm³/mol. The van der Waals surface area contributed by atoms with E-state index in [9.17, 15) is 14.9 Å². The number of rotatable bonds is 5. The van der Waals surface area contributed by atoms with Crippen molar-refractivity contribution in [1.82, 2.24) is 4.90 Å². The summed E-state index contributed by atoms with van der Waals surface area (Å²) in [6.45, 7) is 2.76. The van der Waals surface area contributed by atoms with Gasteiger partial charge in [-0.1, -0.05) is 18.2 Å². The molecule has 1 aromatic rings. The van der Waals surface area contributed by atoms with Crippen LogP contribution in [0.2, 0.25) is 0 Å². The van der Waals surface area contributed by atoms with Crippen LogP contribution in [0.15, 0.2) is 36.0 Å². The van der Waals surface area contributed by atoms with Crippen molar-refractivity contribution in [2.24, 2.45) is 5.73 Å². The van der Waals surface area contributed by atoms with Gasteiger partial charge in [0.2, 0.25) is 0 Å². The number of nitrogens with zero attached hydrogens (tertiary/aromatic N) is 3. The smallest absolute Gasteiger partial charge is 0.413 e. The molecule has 0 saturated carbocycles. The van der Waals surface area contributed by atoms with Crippen molar-refractivity contribution in [1.29, 1.82) is 5.26 Å². The van der Waals surface area contributed by atoms with Gasteiger partial charge in [0.05, 0.1) is 6.61 Å². The average molecular weight is 342 g/mol. The van der Waals surface area contributed by atoms with E-state index in [1.165, 1.54) is 6.20 Å². The molecule has 7 heteroatoms. The van der Waals surface area contributed by atoms with Crippen LogP contribution in [0, 0.1) is 11.3 Å². The number of benzene rings is 1. The number of carbonyl (C=O) groups is 2. The van der Waals surface area contributed by atoms with Crippen LogP contribution in [0.4, 0.5) is 10.5 Å². The first-order valence-electron chi connectivity index (χ1n) is 8.27. The number of para-hydroxylation sites is 1. The van der Waals surface area contributed by atoms with Crippen LogP contribution >= 0.6 is 0 Å². The highest BCUT2D eigenvalue weighted by Crippen LogP contribution is 2.27. The van der Waals surface area contributed by atoms with Gasteiger partial charge in [-0.3, -0.25) is 9.69 Å². The normalized spacial score (nSPS) is 13.6. The maximum Gasteiger partial charge on any atom is 0.413 e. The van der Waals surface area contributed by atoms with Crippen molar-refractivity contribution in [3.05, 3.63) is 41.6 Å². The van der Waals surface area contributed by atoms with Crippen molar-refractivity contribution < 1.29 is 14.3 Å². The summed E-state index contributed by atoms with van der Waals surface area (Å²) in [7, 11) is 0. The van der Waals surface area contributed by atoms with E-state index in [4.69, 9.17) is 10.5 Å². The van der Waals surface area contributed by atoms with Crippen molar-refractivity contribution in [3.63, 3.8) is 0 Å². The maximum absolute atomic E-state index is 12.8. The minimum atomic E-state index is -0.632. The molecule has 2 rings (SSSR count). The van der Waals surface area contributed by atoms with Gasteiger partial charge in [0.15, 0.2) is 0 Å². The lowest BCUT2D eigenvalue weighted by molar-refractivity contribution is -0.114. The lowest BCUT2D eigenvalue weighted by atomic mass is 10.0. The van der Waals surface area contributed by atoms with E-state index in [1.807, 2.05) is 30.3 Å². The third-order valence-electron chi connectivity index (χ3n) is 3.86. The van der Waals surface area contributed by atoms with Crippen LogP contribution in [0.5, 0.6) is 0 Å². The minimum absolute atomic E-state index is 0.127. The minimum Gasteiger partial charge on any atom is -0.449 e. The summed E-state index contributed by atoms with van der Waals surface area (Å²) in [5.74, 6) is -0.430. The van der Waals surface area contributed by atoms with Crippen LogP contribution in [0.25, 0.3) is 0 Å². The lowest BCUT2D eigenvalue weighted by Crippen LogP contribution is -2.38. The highest BCUT2D eigenvalue weighted by atomic mass is 16.6. The van der Waals surface area contributed by atoms with Crippen molar-refractivity contribution in [2.45, 2.75) is 19.8 Å². The first kappa shape index (κ1) is 18.5. The zero-order valence-electron chi connectivity index (χ0n) is 14.3. The Kier molecular flexibility index (Phi) is 6.54. The van der Waals surface area contributed by atoms with E-state index in [-0.39, 0.29) is 25.3 Å². The van der Waals surface area contributed by atoms with Crippen LogP contribution in [0.3, 0.4) is 0 Å². The van der Waals surface area contributed by atoms with Gasteiger partial charge < -0.3 is 15.4 Å². The predicted octanol–water partition coefficient (Wildman–Crippen LogP) is 1.79. The largest absolute Gasteiger partial charge is 0.449 e. The molecule has 1 aliphatic heterocycles. The molecular weight excluding hydrogens is 320 g/mol. The first-order chi connectivity index (χ1) is 12.1. The zero-order chi connectivity index (χ0) is 18.2. The molecule has 0 atom stereocenters. The Morgan fingerprint density at radius 2 is 2.20 bits per heavy atom. The molecule has 0 unspecified atom stereocenters. The average Bonchev–Trinajstić information content (AvgIpc) is 2.64. The van der Waals surface area contributed by atoms with E-state index in [2.05, 4.69) is 0 Å². The summed E-state index contributed by atoms with van der Waals surface area (Å²) in [5.41, 5.74) is 7.26. The van der Waals surface area contributed by atoms with Gasteiger partial charge in [-0.05, 0) is 31.4 Å². The highest BCUT2D eigenvalue weighted by Gasteiger charge is 2.26. The van der Waals surface area contributed by atoms with Gasteiger partial charge in [0, 0.05) is 31.5 Å². The fraction of sp³-hybridized carbons (Fsp3) is 0.389. The Balaban J connectivity index is 2.29. The van der Waals surface area contributed by atoms with E-state index in [0.717, 1.165) is 29.0 Å². The molecule has 2 amide bonds. The van der Waals surface area contributed by atoms with E-state index in [1.54, 1.807) is 11.8 Å². The van der Waals surface area contributed by atoms with Gasteiger partial charge in [-0.25, -0.2) is 4.79 Å². The SMILES string of the molecule is CCOC(=O)N(/C=C(/C#N)C(=O)N1CCCc2ccccc21)CCN. The third kappa shape index (κ3) is 4.37. The second kappa shape index (κ2) is 8.85. The summed E-state index contributed by atoms with van der Waals surface area (Å²) in [4.78, 5) is 27.5. The quantitative estimate of drug-likeness (QED) is 0.649. The molecule has 1 aliphatic rings. The molecule has 0 aliphatic carbocycles. The first-order valence-corrected chi connectivity index (χ1v) is 8.27. The molecule has 0 aromatic heterocycles. The molecule has 0 fully saturated rings. The van der Waals surface area contributed by atoms with Gasteiger partial charge in [0.25, 0.3) is 5.91 Å². The number of hydrogen-bond acceptors (Lipinski definition) is 5. The molecule has 2 N–H and O–H groups in total. The Morgan fingerprint density at radius 1 is 1.44 bits per heavy atom. The van der Waals surface area contributed by atoms with E-state index >= 15 is 0 Å². The third-order valence-corrected chi connectivity index (χ3v) is 3.86. The highest BCUT2D eigenvalue weighted by molar-refractivity contribution is 6.09. The van der Waals surface area contributed by atoms with Crippen molar-refractivity contribution >= 4 is 17.7 Å². The number of nitriles is 1. The topological polar surface area (TPSA) is 99.7 Å². The number of carbonyl (C=O) groups excluding carboxylic acids is 2. The monoisotopic (exact) mass is 342 g/mol. The Morgan fingerprint density at radius 3 is 2.88 bits per heavy atom. The summed E-state index contributed by atoms with van der Waals surface area (Å²) in [6, 6.07) is 9.53. The standard InChI is InChI=1S/C18H22N4O3/c1-2-25-18(24)21(11-9-19)13-15(12-20)17(23)22-10-5-7-14-6-3-4-8-16(14)22/h3-4,6,8,13H,2,5,7,9-11,19H2,1H3/b15-13-. The lowest BCUT2D eigenvalue weighted by Gasteiger charge is -2.29. The fourth-order valence-corrected chi connectivity index (χ4v) is 2.73. The molecule has 1 aromatic carbocycles. The zero-order valence-corrected chi connectivity index (χ0v) is 14.3. The van der Waals surface area contributed by atoms with Gasteiger partial charge in [0.1, 0.15) is 11.6 Å². The second-order valence-corrected chi connectivity index (χ2v) is 5.52. The molecule has 1 heterocycles. The number of fused-ring (bicyclic) bond motifs is 1. The number of nitrogens with two attached hydrogens (primary N) is 1. The van der Waals surface area contributed by atoms with Crippen LogP contribution in [0.1, 0.15) is 18.9 Å². The molecule has 7 nitrogen and oxygen atoms in total. The Bertz CT molecular complexity index is 709. The van der Waals surface area contributed by atoms with Crippen molar-refractivity contribution in [3.8, 4) is 6.07 Å². The molecular formula is C18H22N4O3. The summed E-state index contributed by atoms with van der Waals surface area (Å²) in [5, 5.41) is 9.43. The fourth-order valence-electron chi connectivity index (χ4n) is 2.73. The van der Waals surface area contributed by atoms with Crippen LogP contribution in [-0.2, 0) is 16.0 Å². The summed E-state index contributed by atoms with van der Waals surface area (Å²) < 4.78 is 4.94. The van der Waals surface area contributed by atoms with E-state index in [0.29, 0.717) is 6.54 Å². The Labute approximate surface area is 147 Å². The number of anilines is 1. The number of amides is 2. The molecule has 132 valence electrons. The summed E-state index contributed by atoms with van der Waals surface area (Å²) in [6.07, 6.45) is 2.32. The molecule has 0 saturated heterocycles. The van der Waals surface area contributed by atoms with Gasteiger partial charge in [-0.15, -0.1) is 0 Å². The number of aryl methyl sites for hydroxylation is 1. The molecule has 25 heavy (non-hydrogen) atoms. The van der Waals surface area contributed by atoms with Crippen molar-refractivity contribution in [2.75, 3.05) is 31.1 Å². The van der Waals surface area contributed by atoms with Gasteiger partial charge in [-0.2, -0.15) is 5.26 Å². The van der Waals surface area contributed by atoms with Crippen LogP contribution in [-0.4, -0.2) is 43.1 Å². The summed E-state index contributed by atoms with van der Waals surface area (Å²) >= 11 is 0. The van der Waals surface area contributed by atoms with Gasteiger partial charge >= 0.3 is 6.09 Å². The Hall–Kier alpha value is -2.85. The van der Waals surface area contributed by atoms with E-state index < -0.39 is 12.0 Å². The van der Waals surface area contributed by atoms with Crippen LogP contribution < -0.4 is 10.6 Å². The number of ether oxygens (including phenoxy) is 1. The second-order valence-electron chi connectivity index (χ2n) is 5.52. The molecule has 0 bridgehead atoms. The molecule has 0 spiro atoms. The molecule has 0 radical (unpaired) electrons. The maximum atomic E-state index is 12.8. The number of hydrogen-bond donors (Lipinski definition) is 1.